The molecule has 2 atom stereocenters. The maximum Gasteiger partial charge on any atom is 0.0131 e. The average molecular weight is 443 g/mol. The lowest BCUT2D eigenvalue weighted by atomic mass is 9.58. The molecule has 0 saturated carbocycles. The van der Waals surface area contributed by atoms with Crippen molar-refractivity contribution in [2.24, 2.45) is 11.3 Å². The highest BCUT2D eigenvalue weighted by Crippen LogP contribution is 2.54. The lowest BCUT2D eigenvalue weighted by Gasteiger charge is -2.46. The molecule has 1 aliphatic carbocycles. The third-order valence-corrected chi connectivity index (χ3v) is 8.11. The molecule has 0 heteroatoms. The van der Waals surface area contributed by atoms with Crippen LogP contribution in [0.25, 0.3) is 0 Å². The topological polar surface area (TPSA) is 0 Å². The van der Waals surface area contributed by atoms with E-state index in [-0.39, 0.29) is 5.41 Å². The molecule has 186 valence electrons. The van der Waals surface area contributed by atoms with Crippen molar-refractivity contribution in [2.75, 3.05) is 0 Å². The Labute approximate surface area is 203 Å². The number of unbranched alkanes of at least 4 members (excludes halogenated alkanes) is 9. The fourth-order valence-corrected chi connectivity index (χ4v) is 6.23. The summed E-state index contributed by atoms with van der Waals surface area (Å²) in [5.41, 5.74) is 7.28. The van der Waals surface area contributed by atoms with Gasteiger partial charge in [0.05, 0.1) is 0 Å². The molecule has 0 aromatic rings. The summed E-state index contributed by atoms with van der Waals surface area (Å²) in [7, 11) is 0. The molecule has 0 aromatic heterocycles. The Bertz CT molecular complexity index is 575. The Hall–Kier alpha value is -0.780. The first kappa shape index (κ1) is 29.3. The summed E-state index contributed by atoms with van der Waals surface area (Å²) < 4.78 is 0. The zero-order chi connectivity index (χ0) is 23.8. The molecule has 0 aromatic carbocycles. The maximum atomic E-state index is 4.44. The molecule has 2 unspecified atom stereocenters. The molecule has 0 radical (unpaired) electrons. The quantitative estimate of drug-likeness (QED) is 0.138. The van der Waals surface area contributed by atoms with Crippen LogP contribution in [0.3, 0.4) is 0 Å². The van der Waals surface area contributed by atoms with E-state index in [2.05, 4.69) is 54.2 Å². The molecule has 0 saturated heterocycles. The normalized spacial score (nSPS) is 21.5. The molecule has 1 rings (SSSR count). The van der Waals surface area contributed by atoms with Crippen LogP contribution in [-0.2, 0) is 0 Å². The first-order chi connectivity index (χ1) is 15.5. The highest BCUT2D eigenvalue weighted by Gasteiger charge is 2.42. The van der Waals surface area contributed by atoms with Crippen LogP contribution in [0.15, 0.2) is 34.9 Å². The molecule has 0 bridgehead atoms. The van der Waals surface area contributed by atoms with Gasteiger partial charge in [0, 0.05) is 5.41 Å². The van der Waals surface area contributed by atoms with Crippen molar-refractivity contribution in [3.63, 3.8) is 0 Å². The smallest absolute Gasteiger partial charge is 0.0131 e. The van der Waals surface area contributed by atoms with E-state index in [1.807, 2.05) is 5.57 Å². The summed E-state index contributed by atoms with van der Waals surface area (Å²) in [5.74, 6) is 0.676. The Kier molecular flexibility index (Phi) is 15.3. The van der Waals surface area contributed by atoms with Crippen molar-refractivity contribution < 1.29 is 0 Å². The molecule has 0 fully saturated rings. The zero-order valence-electron chi connectivity index (χ0n) is 23.1. The van der Waals surface area contributed by atoms with Crippen LogP contribution in [0, 0.1) is 11.3 Å². The van der Waals surface area contributed by atoms with Crippen LogP contribution < -0.4 is 0 Å². The predicted octanol–water partition coefficient (Wildman–Crippen LogP) is 11.5. The highest BCUT2D eigenvalue weighted by atomic mass is 14.5. The molecule has 0 N–H and O–H groups in total. The van der Waals surface area contributed by atoms with Gasteiger partial charge in [-0.25, -0.2) is 0 Å². The van der Waals surface area contributed by atoms with Crippen LogP contribution >= 0.6 is 0 Å². The minimum atomic E-state index is 0.151. The lowest BCUT2D eigenvalue weighted by molar-refractivity contribution is 0.293. The Morgan fingerprint density at radius 2 is 1.25 bits per heavy atom. The van der Waals surface area contributed by atoms with E-state index in [0.29, 0.717) is 5.92 Å². The monoisotopic (exact) mass is 442 g/mol. The Morgan fingerprint density at radius 1 is 0.656 bits per heavy atom. The van der Waals surface area contributed by atoms with E-state index in [1.165, 1.54) is 116 Å². The van der Waals surface area contributed by atoms with Gasteiger partial charge >= 0.3 is 0 Å². The second-order valence-electron chi connectivity index (χ2n) is 10.6. The van der Waals surface area contributed by atoms with Crippen molar-refractivity contribution in [2.45, 2.75) is 157 Å². The van der Waals surface area contributed by atoms with E-state index < -0.39 is 0 Å². The minimum absolute atomic E-state index is 0.151. The zero-order valence-corrected chi connectivity index (χ0v) is 23.1. The van der Waals surface area contributed by atoms with Gasteiger partial charge in [0.1, 0.15) is 0 Å². The molecule has 32 heavy (non-hydrogen) atoms. The van der Waals surface area contributed by atoms with Gasteiger partial charge in [-0.3, -0.25) is 0 Å². The Balaban J connectivity index is 3.32. The average Bonchev–Trinajstić information content (AvgIpc) is 2.80. The molecule has 0 spiro atoms. The maximum absolute atomic E-state index is 4.44. The lowest BCUT2D eigenvalue weighted by Crippen LogP contribution is -2.34. The second kappa shape index (κ2) is 16.8. The van der Waals surface area contributed by atoms with Gasteiger partial charge in [-0.15, -0.1) is 6.58 Å². The fraction of sp³-hybridized carbons (Fsp3) is 0.812. The van der Waals surface area contributed by atoms with Gasteiger partial charge in [0.25, 0.3) is 0 Å². The number of rotatable bonds is 19. The summed E-state index contributed by atoms with van der Waals surface area (Å²) in [6.45, 7) is 18.8. The van der Waals surface area contributed by atoms with E-state index in [1.54, 1.807) is 16.7 Å². The first-order valence-electron chi connectivity index (χ1n) is 14.6. The highest BCUT2D eigenvalue weighted by molar-refractivity contribution is 5.49. The number of hydrogen-bond acceptors (Lipinski definition) is 0. The third-order valence-electron chi connectivity index (χ3n) is 8.11. The van der Waals surface area contributed by atoms with E-state index >= 15 is 0 Å². The third kappa shape index (κ3) is 8.22. The van der Waals surface area contributed by atoms with Gasteiger partial charge in [-0.05, 0) is 62.0 Å². The van der Waals surface area contributed by atoms with Crippen LogP contribution in [-0.4, -0.2) is 0 Å². The van der Waals surface area contributed by atoms with Crippen molar-refractivity contribution in [3.05, 3.63) is 34.9 Å². The molecular formula is C32H58. The van der Waals surface area contributed by atoms with Gasteiger partial charge in [-0.2, -0.15) is 0 Å². The van der Waals surface area contributed by atoms with E-state index in [9.17, 15) is 0 Å². The molecule has 0 amide bonds. The largest absolute Gasteiger partial charge is 0.102 e. The molecule has 1 aliphatic rings. The van der Waals surface area contributed by atoms with Crippen molar-refractivity contribution in [1.82, 2.24) is 0 Å². The first-order valence-corrected chi connectivity index (χ1v) is 14.6. The van der Waals surface area contributed by atoms with Crippen molar-refractivity contribution in [3.8, 4) is 0 Å². The summed E-state index contributed by atoms with van der Waals surface area (Å²) in [5, 5.41) is 0. The Morgan fingerprint density at radius 3 is 1.81 bits per heavy atom. The van der Waals surface area contributed by atoms with Crippen LogP contribution in [0.5, 0.6) is 0 Å². The molecule has 0 aliphatic heterocycles. The fourth-order valence-electron chi connectivity index (χ4n) is 6.23. The standard InChI is InChI=1S/C32H58/c1-8-14-17-19-20-22-26-31-29(25-21-18-15-9-2)27(24-16-10-3)28(23-11-4)30(12-5)32(31,7)13-6/h13,31H,6,8-12,14-26H2,1-5,7H3. The molecule has 0 nitrogen and oxygen atoms in total. The van der Waals surface area contributed by atoms with Crippen LogP contribution in [0.2, 0.25) is 0 Å². The predicted molar refractivity (Wildman–Crippen MR) is 147 cm³/mol. The number of allylic oxidation sites excluding steroid dienone is 5. The van der Waals surface area contributed by atoms with Crippen LogP contribution in [0.4, 0.5) is 0 Å². The van der Waals surface area contributed by atoms with E-state index in [0.717, 1.165) is 0 Å². The van der Waals surface area contributed by atoms with Gasteiger partial charge in [-0.1, -0.05) is 129 Å². The van der Waals surface area contributed by atoms with E-state index in [4.69, 9.17) is 0 Å². The molecular weight excluding hydrogens is 384 g/mol. The van der Waals surface area contributed by atoms with Crippen molar-refractivity contribution >= 4 is 0 Å². The van der Waals surface area contributed by atoms with Gasteiger partial charge in [0.15, 0.2) is 0 Å². The summed E-state index contributed by atoms with van der Waals surface area (Å²) in [6, 6.07) is 0. The minimum Gasteiger partial charge on any atom is -0.102 e. The summed E-state index contributed by atoms with van der Waals surface area (Å²) in [4.78, 5) is 0. The second-order valence-corrected chi connectivity index (χ2v) is 10.6. The van der Waals surface area contributed by atoms with Gasteiger partial charge in [0.2, 0.25) is 0 Å². The molecule has 0 heterocycles. The summed E-state index contributed by atoms with van der Waals surface area (Å²) in [6.07, 6.45) is 26.5. The van der Waals surface area contributed by atoms with Gasteiger partial charge < -0.3 is 0 Å². The van der Waals surface area contributed by atoms with Crippen LogP contribution in [0.1, 0.15) is 157 Å². The SMILES string of the molecule is C=CC1(C)C(CC)=C(CCC)C(CCCC)=C(CCCCCC)C1CCCCCCCC. The number of hydrogen-bond donors (Lipinski definition) is 0. The van der Waals surface area contributed by atoms with Crippen molar-refractivity contribution in [1.29, 1.82) is 0 Å². The summed E-state index contributed by atoms with van der Waals surface area (Å²) >= 11 is 0.